The van der Waals surface area contributed by atoms with Crippen molar-refractivity contribution in [1.82, 2.24) is 0 Å². The average Bonchev–Trinajstić information content (AvgIpc) is 2.92. The van der Waals surface area contributed by atoms with E-state index in [2.05, 4.69) is 21.0 Å². The van der Waals surface area contributed by atoms with Crippen molar-refractivity contribution >= 4 is 56.9 Å². The number of ether oxygens (including phenoxy) is 1. The Morgan fingerprint density at radius 3 is 2.75 bits per heavy atom. The fraction of sp³-hybridized carbons (Fsp3) is 0.150. The second-order valence-corrected chi connectivity index (χ2v) is 7.27. The minimum atomic E-state index is -1.18. The number of carbonyl (C=O) groups excluding carboxylic acids is 1. The quantitative estimate of drug-likeness (QED) is 0.633. The van der Waals surface area contributed by atoms with Gasteiger partial charge in [-0.1, -0.05) is 27.5 Å². The van der Waals surface area contributed by atoms with Gasteiger partial charge in [-0.15, -0.1) is 0 Å². The normalized spacial score (nSPS) is 15.1. The van der Waals surface area contributed by atoms with E-state index in [9.17, 15) is 14.7 Å². The summed E-state index contributed by atoms with van der Waals surface area (Å²) in [6.45, 7) is 4.10. The maximum atomic E-state index is 13.0. The first kappa shape index (κ1) is 20.1. The summed E-state index contributed by atoms with van der Waals surface area (Å²) in [4.78, 5) is 24.3. The molecule has 0 unspecified atom stereocenters. The zero-order chi connectivity index (χ0) is 20.4. The summed E-state index contributed by atoms with van der Waals surface area (Å²) >= 11 is 9.34. The number of nitrogens with zero attached hydrogens (tertiary/aromatic N) is 2. The Balaban J connectivity index is 2.00. The Labute approximate surface area is 175 Å². The molecule has 0 radical (unpaired) electrons. The van der Waals surface area contributed by atoms with Crippen LogP contribution in [0.15, 0.2) is 51.5 Å². The van der Waals surface area contributed by atoms with Gasteiger partial charge in [-0.05, 0) is 56.3 Å². The molecule has 28 heavy (non-hydrogen) atoms. The van der Waals surface area contributed by atoms with Crippen LogP contribution < -0.4 is 9.75 Å². The number of amides is 1. The van der Waals surface area contributed by atoms with Crippen molar-refractivity contribution in [1.29, 1.82) is 0 Å². The van der Waals surface area contributed by atoms with Crippen LogP contribution in [0.3, 0.4) is 0 Å². The van der Waals surface area contributed by atoms with Crippen LogP contribution in [0.5, 0.6) is 5.75 Å². The second kappa shape index (κ2) is 8.16. The van der Waals surface area contributed by atoms with Crippen molar-refractivity contribution in [3.8, 4) is 5.75 Å². The summed E-state index contributed by atoms with van der Waals surface area (Å²) in [7, 11) is 0. The number of hydrogen-bond acceptors (Lipinski definition) is 4. The predicted molar refractivity (Wildman–Crippen MR) is 112 cm³/mol. The smallest absolute Gasteiger partial charge is 0.337 e. The molecule has 1 aliphatic rings. The molecule has 0 aromatic heterocycles. The van der Waals surface area contributed by atoms with Gasteiger partial charge in [0.1, 0.15) is 5.75 Å². The van der Waals surface area contributed by atoms with Crippen molar-refractivity contribution in [3.63, 3.8) is 0 Å². The lowest BCUT2D eigenvalue weighted by Crippen LogP contribution is -2.21. The van der Waals surface area contributed by atoms with E-state index in [1.54, 1.807) is 19.1 Å². The summed E-state index contributed by atoms with van der Waals surface area (Å²) in [5.74, 6) is -0.888. The van der Waals surface area contributed by atoms with Crippen LogP contribution >= 0.6 is 27.5 Å². The van der Waals surface area contributed by atoms with Gasteiger partial charge in [-0.25, -0.2) is 4.79 Å². The summed E-state index contributed by atoms with van der Waals surface area (Å²) in [6.07, 6.45) is 1.71. The summed E-state index contributed by atoms with van der Waals surface area (Å²) in [6, 6.07) is 9.84. The summed E-state index contributed by atoms with van der Waals surface area (Å²) in [5, 5.41) is 14.8. The number of benzene rings is 2. The molecular formula is C20H16BrClN2O4. The maximum absolute atomic E-state index is 13.0. The minimum Gasteiger partial charge on any atom is -0.493 e. The minimum absolute atomic E-state index is 0.0925. The fourth-order valence-corrected chi connectivity index (χ4v) is 3.32. The first-order chi connectivity index (χ1) is 13.3. The molecule has 0 bridgehead atoms. The zero-order valence-electron chi connectivity index (χ0n) is 15.1. The third kappa shape index (κ3) is 3.95. The summed E-state index contributed by atoms with van der Waals surface area (Å²) in [5.41, 5.74) is 1.88. The number of hydrazone groups is 1. The number of anilines is 1. The van der Waals surface area contributed by atoms with Crippen LogP contribution in [0.4, 0.5) is 5.69 Å². The molecule has 1 N–H and O–H groups in total. The second-order valence-electron chi connectivity index (χ2n) is 5.94. The number of hydrogen-bond donors (Lipinski definition) is 1. The Morgan fingerprint density at radius 1 is 1.32 bits per heavy atom. The van der Waals surface area contributed by atoms with Gasteiger partial charge in [0.2, 0.25) is 0 Å². The number of carboxylic acid groups (broad SMARTS) is 1. The Hall–Kier alpha value is -2.64. The van der Waals surface area contributed by atoms with E-state index in [1.807, 2.05) is 25.1 Å². The van der Waals surface area contributed by atoms with Crippen LogP contribution in [-0.4, -0.2) is 29.3 Å². The predicted octanol–water partition coefficient (Wildman–Crippen LogP) is 5.01. The summed E-state index contributed by atoms with van der Waals surface area (Å²) < 4.78 is 6.48. The van der Waals surface area contributed by atoms with E-state index in [-0.39, 0.29) is 16.5 Å². The van der Waals surface area contributed by atoms with Crippen LogP contribution in [0.25, 0.3) is 6.08 Å². The maximum Gasteiger partial charge on any atom is 0.337 e. The van der Waals surface area contributed by atoms with Crippen molar-refractivity contribution in [2.75, 3.05) is 11.6 Å². The lowest BCUT2D eigenvalue weighted by molar-refractivity contribution is -0.114. The fourth-order valence-electron chi connectivity index (χ4n) is 2.74. The number of halogens is 2. The van der Waals surface area contributed by atoms with Crippen LogP contribution in [0, 0.1) is 0 Å². The molecule has 0 saturated heterocycles. The van der Waals surface area contributed by atoms with E-state index < -0.39 is 5.97 Å². The Morgan fingerprint density at radius 2 is 2.07 bits per heavy atom. The molecule has 2 aromatic rings. The molecule has 0 atom stereocenters. The number of carboxylic acids is 1. The molecular weight excluding hydrogens is 448 g/mol. The molecule has 1 amide bonds. The molecule has 8 heteroatoms. The van der Waals surface area contributed by atoms with Crippen molar-refractivity contribution < 1.29 is 19.4 Å². The SMILES string of the molecule is CCOc1ccc(Br)cc1/C=C1\C(=O)N(c2ccc(Cl)c(C(=O)O)c2)N=C1C. The molecule has 1 heterocycles. The van der Waals surface area contributed by atoms with Gasteiger partial charge in [-0.3, -0.25) is 4.79 Å². The van der Waals surface area contributed by atoms with Gasteiger partial charge < -0.3 is 9.84 Å². The molecule has 0 saturated carbocycles. The highest BCUT2D eigenvalue weighted by Gasteiger charge is 2.29. The van der Waals surface area contributed by atoms with Crippen LogP contribution in [-0.2, 0) is 4.79 Å². The van der Waals surface area contributed by atoms with Crippen molar-refractivity contribution in [3.05, 3.63) is 62.6 Å². The standard InChI is InChI=1S/C20H16BrClN2O4/c1-3-28-18-7-4-13(21)8-12(18)9-15-11(2)23-24(19(15)25)14-5-6-17(22)16(10-14)20(26)27/h4-10H,3H2,1-2H3,(H,26,27)/b15-9-. The van der Waals surface area contributed by atoms with Crippen molar-refractivity contribution in [2.45, 2.75) is 13.8 Å². The van der Waals surface area contributed by atoms with Crippen molar-refractivity contribution in [2.24, 2.45) is 5.10 Å². The van der Waals surface area contributed by atoms with E-state index >= 15 is 0 Å². The van der Waals surface area contributed by atoms with Gasteiger partial charge >= 0.3 is 5.97 Å². The molecule has 6 nitrogen and oxygen atoms in total. The van der Waals surface area contributed by atoms with Gasteiger partial charge in [0.25, 0.3) is 5.91 Å². The van der Waals surface area contributed by atoms with Crippen LogP contribution in [0.2, 0.25) is 5.02 Å². The lowest BCUT2D eigenvalue weighted by Gasteiger charge is -2.13. The lowest BCUT2D eigenvalue weighted by atomic mass is 10.1. The first-order valence-corrected chi connectivity index (χ1v) is 9.55. The van der Waals surface area contributed by atoms with E-state index in [4.69, 9.17) is 16.3 Å². The highest BCUT2D eigenvalue weighted by Crippen LogP contribution is 2.31. The molecule has 1 aliphatic heterocycles. The number of carbonyl (C=O) groups is 2. The topological polar surface area (TPSA) is 79.2 Å². The van der Waals surface area contributed by atoms with Crippen LogP contribution in [0.1, 0.15) is 29.8 Å². The van der Waals surface area contributed by atoms with E-state index in [0.717, 1.165) is 10.0 Å². The molecule has 3 rings (SSSR count). The molecule has 0 spiro atoms. The van der Waals surface area contributed by atoms with E-state index in [0.29, 0.717) is 29.3 Å². The number of rotatable bonds is 5. The highest BCUT2D eigenvalue weighted by molar-refractivity contribution is 9.10. The van der Waals surface area contributed by atoms with Gasteiger partial charge in [0.05, 0.1) is 34.2 Å². The van der Waals surface area contributed by atoms with E-state index in [1.165, 1.54) is 17.1 Å². The third-order valence-electron chi connectivity index (χ3n) is 4.06. The molecule has 0 fully saturated rings. The Kier molecular flexibility index (Phi) is 5.86. The molecule has 0 aliphatic carbocycles. The average molecular weight is 464 g/mol. The van der Waals surface area contributed by atoms with Gasteiger partial charge in [0, 0.05) is 10.0 Å². The number of aromatic carboxylic acids is 1. The van der Waals surface area contributed by atoms with Gasteiger partial charge in [-0.2, -0.15) is 10.1 Å². The first-order valence-electron chi connectivity index (χ1n) is 8.38. The Bertz CT molecular complexity index is 1030. The monoisotopic (exact) mass is 462 g/mol. The molecule has 144 valence electrons. The highest BCUT2D eigenvalue weighted by atomic mass is 79.9. The van der Waals surface area contributed by atoms with Gasteiger partial charge in [0.15, 0.2) is 0 Å². The third-order valence-corrected chi connectivity index (χ3v) is 4.88. The molecule has 2 aromatic carbocycles. The largest absolute Gasteiger partial charge is 0.493 e. The zero-order valence-corrected chi connectivity index (χ0v) is 17.4.